The van der Waals surface area contributed by atoms with Crippen LogP contribution in [0.15, 0.2) is 51.5 Å². The minimum absolute atomic E-state index is 0.0399. The van der Waals surface area contributed by atoms with Crippen LogP contribution >= 0.6 is 11.6 Å². The lowest BCUT2D eigenvalue weighted by atomic mass is 9.97. The topological polar surface area (TPSA) is 39.4 Å². The number of alkyl halides is 3. The number of rotatable bonds is 1. The first-order valence-electron chi connectivity index (χ1n) is 6.44. The molecule has 0 N–H and O–H groups in total. The highest BCUT2D eigenvalue weighted by atomic mass is 35.5. The molecule has 7 heteroatoms. The van der Waals surface area contributed by atoms with E-state index in [1.54, 1.807) is 41.3 Å². The average Bonchev–Trinajstić information content (AvgIpc) is 2.94. The second-order valence-electron chi connectivity index (χ2n) is 4.75. The molecule has 0 atom stereocenters. The van der Waals surface area contributed by atoms with Gasteiger partial charge in [0.2, 0.25) is 0 Å². The summed E-state index contributed by atoms with van der Waals surface area (Å²) in [6.45, 7) is 0.720. The number of halogens is 4. The van der Waals surface area contributed by atoms with Crippen LogP contribution in [0.2, 0.25) is 0 Å². The maximum absolute atomic E-state index is 13.4. The Hall–Kier alpha value is -2.26. The van der Waals surface area contributed by atoms with Crippen LogP contribution in [0.25, 0.3) is 5.70 Å². The second kappa shape index (κ2) is 5.18. The van der Waals surface area contributed by atoms with Crippen LogP contribution in [0.3, 0.4) is 0 Å². The molecule has 22 heavy (non-hydrogen) atoms. The van der Waals surface area contributed by atoms with Crippen molar-refractivity contribution in [2.45, 2.75) is 6.18 Å². The van der Waals surface area contributed by atoms with E-state index >= 15 is 0 Å². The monoisotopic (exact) mass is 323 g/mol. The fourth-order valence-corrected chi connectivity index (χ4v) is 3.00. The molecular formula is C15H9ClF3N3. The highest BCUT2D eigenvalue weighted by Crippen LogP contribution is 2.45. The molecule has 0 bridgehead atoms. The van der Waals surface area contributed by atoms with E-state index in [-0.39, 0.29) is 11.5 Å². The predicted molar refractivity (Wildman–Crippen MR) is 76.9 cm³/mol. The summed E-state index contributed by atoms with van der Waals surface area (Å²) in [6, 6.07) is 10.2. The van der Waals surface area contributed by atoms with Gasteiger partial charge in [-0.3, -0.25) is 4.99 Å². The summed E-state index contributed by atoms with van der Waals surface area (Å²) >= 11 is 6.06. The Balaban J connectivity index is 2.31. The van der Waals surface area contributed by atoms with Gasteiger partial charge in [0.25, 0.3) is 0 Å². The lowest BCUT2D eigenvalue weighted by Gasteiger charge is -2.31. The normalized spacial score (nSPS) is 18.3. The summed E-state index contributed by atoms with van der Waals surface area (Å²) in [5, 5.41) is 8.69. The number of allylic oxidation sites excluding steroid dienone is 2. The predicted octanol–water partition coefficient (Wildman–Crippen LogP) is 3.70. The van der Waals surface area contributed by atoms with E-state index in [1.165, 1.54) is 0 Å². The summed E-state index contributed by atoms with van der Waals surface area (Å²) < 4.78 is 40.1. The molecule has 0 aliphatic carbocycles. The molecule has 1 aromatic rings. The Morgan fingerprint density at radius 3 is 2.50 bits per heavy atom. The van der Waals surface area contributed by atoms with Crippen molar-refractivity contribution in [1.82, 2.24) is 4.90 Å². The van der Waals surface area contributed by atoms with Crippen LogP contribution in [0.5, 0.6) is 0 Å². The second-order valence-corrected chi connectivity index (χ2v) is 5.12. The van der Waals surface area contributed by atoms with Crippen molar-refractivity contribution in [2.24, 2.45) is 4.99 Å². The zero-order chi connectivity index (χ0) is 15.9. The molecule has 3 rings (SSSR count). The first-order chi connectivity index (χ1) is 10.4. The highest BCUT2D eigenvalue weighted by molar-refractivity contribution is 6.37. The zero-order valence-corrected chi connectivity index (χ0v) is 11.9. The van der Waals surface area contributed by atoms with Crippen LogP contribution < -0.4 is 0 Å². The summed E-state index contributed by atoms with van der Waals surface area (Å²) in [4.78, 5) is 5.63. The maximum Gasteiger partial charge on any atom is 0.419 e. The SMILES string of the molecule is N#CC1=C(C(F)(F)F)C(Cl)=C(c2ccccc2)N2CCN=C12. The van der Waals surface area contributed by atoms with Gasteiger partial charge in [-0.05, 0) is 5.56 Å². The molecule has 3 nitrogen and oxygen atoms in total. The Morgan fingerprint density at radius 1 is 1.23 bits per heavy atom. The van der Waals surface area contributed by atoms with E-state index in [1.807, 2.05) is 0 Å². The molecule has 1 aromatic carbocycles. The van der Waals surface area contributed by atoms with Gasteiger partial charge < -0.3 is 4.90 Å². The Labute approximate surface area is 129 Å². The third-order valence-corrected chi connectivity index (χ3v) is 3.82. The smallest absolute Gasteiger partial charge is 0.322 e. The molecule has 2 heterocycles. The zero-order valence-electron chi connectivity index (χ0n) is 11.2. The van der Waals surface area contributed by atoms with Gasteiger partial charge in [0, 0.05) is 6.54 Å². The molecule has 0 fully saturated rings. The Kier molecular flexibility index (Phi) is 3.45. The minimum Gasteiger partial charge on any atom is -0.322 e. The molecule has 0 unspecified atom stereocenters. The number of nitriles is 1. The summed E-state index contributed by atoms with van der Waals surface area (Å²) in [5.41, 5.74) is -0.840. The number of amidine groups is 1. The fraction of sp³-hybridized carbons (Fsp3) is 0.200. The van der Waals surface area contributed by atoms with Gasteiger partial charge in [-0.2, -0.15) is 18.4 Å². The van der Waals surface area contributed by atoms with E-state index in [0.717, 1.165) is 0 Å². The molecular weight excluding hydrogens is 315 g/mol. The number of aliphatic imine (C=N–C) groups is 1. The Bertz CT molecular complexity index is 754. The van der Waals surface area contributed by atoms with Gasteiger partial charge in [0.1, 0.15) is 17.5 Å². The minimum atomic E-state index is -4.72. The van der Waals surface area contributed by atoms with Crippen molar-refractivity contribution in [3.05, 3.63) is 52.1 Å². The van der Waals surface area contributed by atoms with E-state index in [4.69, 9.17) is 16.9 Å². The number of benzene rings is 1. The van der Waals surface area contributed by atoms with Crippen molar-refractivity contribution in [3.63, 3.8) is 0 Å². The van der Waals surface area contributed by atoms with E-state index < -0.39 is 22.4 Å². The van der Waals surface area contributed by atoms with Crippen LogP contribution in [0, 0.1) is 11.3 Å². The molecule has 0 saturated carbocycles. The van der Waals surface area contributed by atoms with Crippen LogP contribution in [0.1, 0.15) is 5.56 Å². The van der Waals surface area contributed by atoms with Crippen LogP contribution in [0.4, 0.5) is 13.2 Å². The van der Waals surface area contributed by atoms with Gasteiger partial charge in [0.05, 0.1) is 22.8 Å². The Morgan fingerprint density at radius 2 is 1.91 bits per heavy atom. The van der Waals surface area contributed by atoms with Gasteiger partial charge in [-0.1, -0.05) is 41.9 Å². The van der Waals surface area contributed by atoms with Gasteiger partial charge in [-0.25, -0.2) is 0 Å². The summed E-state index contributed by atoms with van der Waals surface area (Å²) in [5.74, 6) is 0.0399. The van der Waals surface area contributed by atoms with Gasteiger partial charge >= 0.3 is 6.18 Å². The van der Waals surface area contributed by atoms with E-state index in [9.17, 15) is 13.2 Å². The number of fused-ring (bicyclic) bond motifs is 1. The van der Waals surface area contributed by atoms with E-state index in [2.05, 4.69) is 4.99 Å². The standard InChI is InChI=1S/C15H9ClF3N3/c16-12-11(15(17,18)19)10(8-20)14-21-6-7-22(14)13(12)9-4-2-1-3-5-9/h1-5H,6-7H2. The highest BCUT2D eigenvalue weighted by Gasteiger charge is 2.46. The molecule has 2 aliphatic heterocycles. The largest absolute Gasteiger partial charge is 0.419 e. The van der Waals surface area contributed by atoms with Crippen molar-refractivity contribution >= 4 is 23.1 Å². The van der Waals surface area contributed by atoms with Gasteiger partial charge in [-0.15, -0.1) is 0 Å². The maximum atomic E-state index is 13.4. The molecule has 0 amide bonds. The first-order valence-corrected chi connectivity index (χ1v) is 6.82. The number of nitrogens with zero attached hydrogens (tertiary/aromatic N) is 3. The third kappa shape index (κ3) is 2.18. The summed E-state index contributed by atoms with van der Waals surface area (Å²) in [7, 11) is 0. The average molecular weight is 324 g/mol. The first kappa shape index (κ1) is 14.7. The molecule has 2 aliphatic rings. The van der Waals surface area contributed by atoms with Crippen molar-refractivity contribution in [2.75, 3.05) is 13.1 Å². The third-order valence-electron chi connectivity index (χ3n) is 3.45. The molecule has 0 radical (unpaired) electrons. The molecule has 0 spiro atoms. The molecule has 112 valence electrons. The van der Waals surface area contributed by atoms with Crippen molar-refractivity contribution in [1.29, 1.82) is 5.26 Å². The van der Waals surface area contributed by atoms with Crippen molar-refractivity contribution in [3.8, 4) is 6.07 Å². The fourth-order valence-electron chi connectivity index (χ4n) is 2.59. The quantitative estimate of drug-likeness (QED) is 0.790. The lowest BCUT2D eigenvalue weighted by molar-refractivity contribution is -0.0890. The number of hydrogen-bond acceptors (Lipinski definition) is 3. The molecule has 0 aromatic heterocycles. The summed E-state index contributed by atoms with van der Waals surface area (Å²) in [6.07, 6.45) is -4.72. The molecule has 0 saturated heterocycles. The van der Waals surface area contributed by atoms with Crippen LogP contribution in [-0.4, -0.2) is 30.0 Å². The van der Waals surface area contributed by atoms with Gasteiger partial charge in [0.15, 0.2) is 0 Å². The van der Waals surface area contributed by atoms with Crippen molar-refractivity contribution < 1.29 is 13.2 Å². The van der Waals surface area contributed by atoms with E-state index in [0.29, 0.717) is 18.7 Å². The van der Waals surface area contributed by atoms with Crippen LogP contribution in [-0.2, 0) is 0 Å². The number of hydrogen-bond donors (Lipinski definition) is 0. The lowest BCUT2D eigenvalue weighted by Crippen LogP contribution is -2.35.